The zero-order valence-electron chi connectivity index (χ0n) is 12.2. The van der Waals surface area contributed by atoms with Crippen LogP contribution in [0.5, 0.6) is 0 Å². The minimum Gasteiger partial charge on any atom is -0.466 e. The summed E-state index contributed by atoms with van der Waals surface area (Å²) in [6, 6.07) is 9.63. The van der Waals surface area contributed by atoms with Crippen molar-refractivity contribution in [3.8, 4) is 0 Å². The highest BCUT2D eigenvalue weighted by Crippen LogP contribution is 2.40. The summed E-state index contributed by atoms with van der Waals surface area (Å²) < 4.78 is 10.3. The van der Waals surface area contributed by atoms with Crippen LogP contribution in [-0.2, 0) is 19.1 Å². The summed E-state index contributed by atoms with van der Waals surface area (Å²) in [6.45, 7) is 6.01. The van der Waals surface area contributed by atoms with Crippen molar-refractivity contribution >= 4 is 11.9 Å². The number of ether oxygens (including phenoxy) is 2. The zero-order valence-corrected chi connectivity index (χ0v) is 12.2. The Morgan fingerprint density at radius 3 is 2.71 bits per heavy atom. The molecule has 1 aromatic carbocycles. The van der Waals surface area contributed by atoms with E-state index in [0.717, 1.165) is 5.56 Å². The van der Waals surface area contributed by atoms with Crippen molar-refractivity contribution in [1.82, 2.24) is 0 Å². The van der Waals surface area contributed by atoms with Crippen LogP contribution in [0.4, 0.5) is 0 Å². The van der Waals surface area contributed by atoms with Crippen molar-refractivity contribution in [2.75, 3.05) is 6.61 Å². The summed E-state index contributed by atoms with van der Waals surface area (Å²) in [4.78, 5) is 23.1. The van der Waals surface area contributed by atoms with Crippen LogP contribution in [0.25, 0.3) is 0 Å². The van der Waals surface area contributed by atoms with E-state index in [2.05, 4.69) is 6.58 Å². The fourth-order valence-corrected chi connectivity index (χ4v) is 2.58. The van der Waals surface area contributed by atoms with Gasteiger partial charge in [0.2, 0.25) is 0 Å². The molecule has 1 aliphatic rings. The highest BCUT2D eigenvalue weighted by atomic mass is 16.6. The third-order valence-electron chi connectivity index (χ3n) is 3.64. The number of benzene rings is 1. The molecular weight excluding hydrogens is 268 g/mol. The van der Waals surface area contributed by atoms with Crippen LogP contribution in [0.2, 0.25) is 0 Å². The number of rotatable bonds is 6. The molecule has 1 heterocycles. The number of carbonyl (C=O) groups excluding carboxylic acids is 2. The van der Waals surface area contributed by atoms with E-state index in [9.17, 15) is 9.59 Å². The molecule has 0 bridgehead atoms. The van der Waals surface area contributed by atoms with E-state index in [1.54, 1.807) is 6.92 Å². The fraction of sp³-hybridized carbons (Fsp3) is 0.412. The molecule has 4 heteroatoms. The standard InChI is InChI=1S/C17H20O4/c1-3-20-15(18)11-7-10-14-12(2)17(19)21-16(14)13-8-5-4-6-9-13/h4-6,8-9,14,16H,2-3,7,10-11H2,1H3/t14-,16+/m0/s1. The molecule has 4 nitrogen and oxygen atoms in total. The van der Waals surface area contributed by atoms with Gasteiger partial charge in [-0.05, 0) is 25.3 Å². The third kappa shape index (κ3) is 3.72. The van der Waals surface area contributed by atoms with Gasteiger partial charge in [-0.25, -0.2) is 4.79 Å². The molecule has 0 unspecified atom stereocenters. The van der Waals surface area contributed by atoms with Gasteiger partial charge in [0.05, 0.1) is 6.61 Å². The Labute approximate surface area is 124 Å². The molecule has 0 N–H and O–H groups in total. The second kappa shape index (κ2) is 7.07. The number of esters is 2. The van der Waals surface area contributed by atoms with Crippen LogP contribution < -0.4 is 0 Å². The Kier molecular flexibility index (Phi) is 5.14. The van der Waals surface area contributed by atoms with Gasteiger partial charge in [0, 0.05) is 17.9 Å². The number of hydrogen-bond donors (Lipinski definition) is 0. The van der Waals surface area contributed by atoms with Crippen LogP contribution in [-0.4, -0.2) is 18.5 Å². The summed E-state index contributed by atoms with van der Waals surface area (Å²) in [7, 11) is 0. The van der Waals surface area contributed by atoms with E-state index in [1.165, 1.54) is 0 Å². The molecule has 0 amide bonds. The van der Waals surface area contributed by atoms with Gasteiger partial charge in [0.15, 0.2) is 0 Å². The van der Waals surface area contributed by atoms with Crippen molar-refractivity contribution in [3.05, 3.63) is 48.0 Å². The third-order valence-corrected chi connectivity index (χ3v) is 3.64. The van der Waals surface area contributed by atoms with Gasteiger partial charge in [-0.1, -0.05) is 36.9 Å². The van der Waals surface area contributed by atoms with Gasteiger partial charge in [0.25, 0.3) is 0 Å². The summed E-state index contributed by atoms with van der Waals surface area (Å²) in [6.07, 6.45) is 1.40. The molecule has 0 aliphatic carbocycles. The number of cyclic esters (lactones) is 1. The molecule has 1 fully saturated rings. The van der Waals surface area contributed by atoms with E-state index in [1.807, 2.05) is 30.3 Å². The van der Waals surface area contributed by atoms with Crippen LogP contribution >= 0.6 is 0 Å². The van der Waals surface area contributed by atoms with Crippen molar-refractivity contribution in [2.45, 2.75) is 32.3 Å². The maximum atomic E-state index is 11.8. The average Bonchev–Trinajstić information content (AvgIpc) is 2.77. The molecule has 1 aliphatic heterocycles. The van der Waals surface area contributed by atoms with Crippen LogP contribution in [0.15, 0.2) is 42.5 Å². The fourth-order valence-electron chi connectivity index (χ4n) is 2.58. The molecule has 21 heavy (non-hydrogen) atoms. The van der Waals surface area contributed by atoms with E-state index >= 15 is 0 Å². The minimum absolute atomic E-state index is 0.0747. The smallest absolute Gasteiger partial charge is 0.334 e. The molecule has 0 saturated carbocycles. The van der Waals surface area contributed by atoms with E-state index in [4.69, 9.17) is 9.47 Å². The predicted molar refractivity (Wildman–Crippen MR) is 78.4 cm³/mol. The summed E-state index contributed by atoms with van der Waals surface area (Å²) >= 11 is 0. The normalized spacial score (nSPS) is 21.2. The van der Waals surface area contributed by atoms with Gasteiger partial charge in [0.1, 0.15) is 6.10 Å². The number of carbonyl (C=O) groups is 2. The summed E-state index contributed by atoms with van der Waals surface area (Å²) in [5.74, 6) is -0.621. The Balaban J connectivity index is 1.99. The first kappa shape index (κ1) is 15.3. The molecule has 112 valence electrons. The van der Waals surface area contributed by atoms with Gasteiger partial charge < -0.3 is 9.47 Å². The first-order valence-corrected chi connectivity index (χ1v) is 7.23. The maximum Gasteiger partial charge on any atom is 0.334 e. The molecule has 0 radical (unpaired) electrons. The molecule has 1 aromatic rings. The summed E-state index contributed by atoms with van der Waals surface area (Å²) in [5, 5.41) is 0. The summed E-state index contributed by atoms with van der Waals surface area (Å²) in [5.41, 5.74) is 1.46. The van der Waals surface area contributed by atoms with E-state index in [-0.39, 0.29) is 24.0 Å². The Bertz CT molecular complexity index is 521. The highest BCUT2D eigenvalue weighted by Gasteiger charge is 2.38. The number of hydrogen-bond acceptors (Lipinski definition) is 4. The largest absolute Gasteiger partial charge is 0.466 e. The Hall–Kier alpha value is -2.10. The molecule has 2 atom stereocenters. The van der Waals surface area contributed by atoms with Crippen LogP contribution in [0, 0.1) is 5.92 Å². The second-order valence-electron chi connectivity index (χ2n) is 5.07. The first-order chi connectivity index (χ1) is 10.1. The van der Waals surface area contributed by atoms with Gasteiger partial charge in [-0.15, -0.1) is 0 Å². The zero-order chi connectivity index (χ0) is 15.2. The van der Waals surface area contributed by atoms with E-state index in [0.29, 0.717) is 31.4 Å². The van der Waals surface area contributed by atoms with Gasteiger partial charge in [-0.2, -0.15) is 0 Å². The van der Waals surface area contributed by atoms with Crippen LogP contribution in [0.3, 0.4) is 0 Å². The topological polar surface area (TPSA) is 52.6 Å². The SMILES string of the molecule is C=C1C(=O)O[C@H](c2ccccc2)[C@H]1CCCC(=O)OCC. The lowest BCUT2D eigenvalue weighted by molar-refractivity contribution is -0.143. The maximum absolute atomic E-state index is 11.8. The van der Waals surface area contributed by atoms with Gasteiger partial charge in [-0.3, -0.25) is 4.79 Å². The van der Waals surface area contributed by atoms with Crippen molar-refractivity contribution in [3.63, 3.8) is 0 Å². The van der Waals surface area contributed by atoms with Crippen molar-refractivity contribution in [2.24, 2.45) is 5.92 Å². The average molecular weight is 288 g/mol. The lowest BCUT2D eigenvalue weighted by atomic mass is 9.88. The van der Waals surface area contributed by atoms with Crippen molar-refractivity contribution in [1.29, 1.82) is 0 Å². The van der Waals surface area contributed by atoms with Crippen LogP contribution in [0.1, 0.15) is 37.9 Å². The molecular formula is C17H20O4. The lowest BCUT2D eigenvalue weighted by Gasteiger charge is -2.17. The molecule has 0 spiro atoms. The Morgan fingerprint density at radius 1 is 1.33 bits per heavy atom. The highest BCUT2D eigenvalue weighted by molar-refractivity contribution is 5.91. The van der Waals surface area contributed by atoms with Crippen molar-refractivity contribution < 1.29 is 19.1 Å². The quantitative estimate of drug-likeness (QED) is 0.596. The van der Waals surface area contributed by atoms with Gasteiger partial charge >= 0.3 is 11.9 Å². The minimum atomic E-state index is -0.343. The van der Waals surface area contributed by atoms with E-state index < -0.39 is 0 Å². The first-order valence-electron chi connectivity index (χ1n) is 7.23. The second-order valence-corrected chi connectivity index (χ2v) is 5.07. The predicted octanol–water partition coefficient (Wildman–Crippen LogP) is 3.19. The monoisotopic (exact) mass is 288 g/mol. The molecule has 0 aromatic heterocycles. The lowest BCUT2D eigenvalue weighted by Crippen LogP contribution is -2.10. The molecule has 1 saturated heterocycles. The Morgan fingerprint density at radius 2 is 2.05 bits per heavy atom. The molecule has 2 rings (SSSR count).